The summed E-state index contributed by atoms with van der Waals surface area (Å²) in [6.07, 6.45) is -0.0529. The molecule has 28 heavy (non-hydrogen) atoms. The molecule has 2 heterocycles. The Hall–Kier alpha value is -2.72. The molecular formula is C18H23N3O7. The minimum Gasteiger partial charge on any atom is -0.481 e. The Kier molecular flexibility index (Phi) is 6.10. The molecule has 2 saturated heterocycles. The van der Waals surface area contributed by atoms with Crippen molar-refractivity contribution in [3.63, 3.8) is 0 Å². The van der Waals surface area contributed by atoms with Crippen LogP contribution in [0.5, 0.6) is 0 Å². The number of ether oxygens (including phenoxy) is 2. The zero-order chi connectivity index (χ0) is 20.3. The van der Waals surface area contributed by atoms with E-state index in [2.05, 4.69) is 0 Å². The van der Waals surface area contributed by atoms with Gasteiger partial charge in [0.1, 0.15) is 5.69 Å². The van der Waals surface area contributed by atoms with Crippen molar-refractivity contribution < 1.29 is 29.1 Å². The Morgan fingerprint density at radius 2 is 2.07 bits per heavy atom. The number of likely N-dealkylation sites (tertiary alicyclic amines) is 1. The Labute approximate surface area is 161 Å². The number of para-hydroxylation sites is 1. The van der Waals surface area contributed by atoms with Gasteiger partial charge in [0, 0.05) is 38.9 Å². The summed E-state index contributed by atoms with van der Waals surface area (Å²) in [6.45, 7) is 1.95. The summed E-state index contributed by atoms with van der Waals surface area (Å²) in [4.78, 5) is 38.9. The molecular weight excluding hydrogens is 370 g/mol. The van der Waals surface area contributed by atoms with Crippen molar-refractivity contribution in [3.8, 4) is 0 Å². The van der Waals surface area contributed by atoms with Crippen molar-refractivity contribution in [1.29, 1.82) is 0 Å². The highest BCUT2D eigenvalue weighted by Crippen LogP contribution is 2.35. The summed E-state index contributed by atoms with van der Waals surface area (Å²) in [6, 6.07) is 3.88. The quantitative estimate of drug-likeness (QED) is 0.564. The summed E-state index contributed by atoms with van der Waals surface area (Å²) >= 11 is 0. The van der Waals surface area contributed by atoms with Crippen LogP contribution in [0.15, 0.2) is 18.2 Å². The molecule has 1 amide bonds. The van der Waals surface area contributed by atoms with Gasteiger partial charge in [-0.2, -0.15) is 0 Å². The number of carbonyl (C=O) groups excluding carboxylic acids is 1. The molecule has 0 radical (unpaired) electrons. The van der Waals surface area contributed by atoms with E-state index >= 15 is 0 Å². The highest BCUT2D eigenvalue weighted by Gasteiger charge is 2.39. The fourth-order valence-electron chi connectivity index (χ4n) is 3.81. The van der Waals surface area contributed by atoms with Gasteiger partial charge in [0.25, 0.3) is 11.6 Å². The number of hydrogen-bond donors (Lipinski definition) is 1. The van der Waals surface area contributed by atoms with E-state index in [1.54, 1.807) is 11.0 Å². The minimum absolute atomic E-state index is 0.148. The molecule has 0 saturated carbocycles. The Balaban J connectivity index is 1.99. The molecule has 0 spiro atoms. The number of morpholine rings is 1. The highest BCUT2D eigenvalue weighted by molar-refractivity contribution is 6.02. The van der Waals surface area contributed by atoms with E-state index in [4.69, 9.17) is 9.47 Å². The number of nitro groups is 1. The van der Waals surface area contributed by atoms with Crippen LogP contribution in [0, 0.1) is 10.1 Å². The molecule has 1 aromatic carbocycles. The van der Waals surface area contributed by atoms with E-state index in [-0.39, 0.29) is 36.0 Å². The predicted octanol–water partition coefficient (Wildman–Crippen LogP) is 1.14. The van der Waals surface area contributed by atoms with Crippen LogP contribution in [0.3, 0.4) is 0 Å². The predicted molar refractivity (Wildman–Crippen MR) is 98.6 cm³/mol. The van der Waals surface area contributed by atoms with E-state index in [9.17, 15) is 24.8 Å². The van der Waals surface area contributed by atoms with Crippen LogP contribution in [0.1, 0.15) is 23.2 Å². The molecule has 2 aliphatic rings. The molecule has 1 aromatic rings. The number of nitrogens with zero attached hydrogens (tertiary/aromatic N) is 3. The molecule has 2 unspecified atom stereocenters. The fourth-order valence-corrected chi connectivity index (χ4v) is 3.81. The third-order valence-corrected chi connectivity index (χ3v) is 5.15. The molecule has 0 aliphatic carbocycles. The van der Waals surface area contributed by atoms with Gasteiger partial charge >= 0.3 is 5.97 Å². The van der Waals surface area contributed by atoms with Crippen molar-refractivity contribution in [3.05, 3.63) is 33.9 Å². The van der Waals surface area contributed by atoms with E-state index in [1.165, 1.54) is 24.1 Å². The lowest BCUT2D eigenvalue weighted by Gasteiger charge is -2.31. The molecule has 2 fully saturated rings. The van der Waals surface area contributed by atoms with Crippen LogP contribution < -0.4 is 4.90 Å². The number of methoxy groups -OCH3 is 1. The zero-order valence-corrected chi connectivity index (χ0v) is 15.6. The second kappa shape index (κ2) is 8.53. The average Bonchev–Trinajstić information content (AvgIpc) is 3.09. The summed E-state index contributed by atoms with van der Waals surface area (Å²) in [5.41, 5.74) is 0.309. The third kappa shape index (κ3) is 4.07. The van der Waals surface area contributed by atoms with Gasteiger partial charge in [-0.05, 0) is 12.5 Å². The topological polar surface area (TPSA) is 122 Å². The van der Waals surface area contributed by atoms with Gasteiger partial charge in [0.15, 0.2) is 0 Å². The van der Waals surface area contributed by atoms with Gasteiger partial charge in [-0.15, -0.1) is 0 Å². The maximum Gasteiger partial charge on any atom is 0.305 e. The number of amides is 1. The first-order chi connectivity index (χ1) is 13.4. The maximum atomic E-state index is 13.3. The first kappa shape index (κ1) is 20.0. The molecule has 3 rings (SSSR count). The Morgan fingerprint density at radius 3 is 2.68 bits per heavy atom. The second-order valence-corrected chi connectivity index (χ2v) is 6.83. The lowest BCUT2D eigenvalue weighted by Crippen LogP contribution is -2.41. The van der Waals surface area contributed by atoms with Crippen LogP contribution in [0.2, 0.25) is 0 Å². The van der Waals surface area contributed by atoms with E-state index in [0.29, 0.717) is 32.7 Å². The fraction of sp³-hybridized carbons (Fsp3) is 0.556. The minimum atomic E-state index is -1.01. The number of carboxylic acid groups (broad SMARTS) is 1. The van der Waals surface area contributed by atoms with Gasteiger partial charge in [-0.1, -0.05) is 6.07 Å². The smallest absolute Gasteiger partial charge is 0.305 e. The molecule has 0 bridgehead atoms. The first-order valence-electron chi connectivity index (χ1n) is 9.08. The van der Waals surface area contributed by atoms with Crippen molar-refractivity contribution in [2.24, 2.45) is 0 Å². The van der Waals surface area contributed by atoms with Crippen molar-refractivity contribution in [2.75, 3.05) is 44.9 Å². The normalized spacial score (nSPS) is 22.3. The molecule has 10 heteroatoms. The Morgan fingerprint density at radius 1 is 1.36 bits per heavy atom. The van der Waals surface area contributed by atoms with Crippen molar-refractivity contribution in [2.45, 2.75) is 25.0 Å². The van der Waals surface area contributed by atoms with E-state index < -0.39 is 22.8 Å². The van der Waals surface area contributed by atoms with Crippen LogP contribution >= 0.6 is 0 Å². The number of hydrogen-bond acceptors (Lipinski definition) is 7. The number of benzene rings is 1. The lowest BCUT2D eigenvalue weighted by molar-refractivity contribution is -0.384. The molecule has 0 aromatic heterocycles. The number of rotatable bonds is 6. The second-order valence-electron chi connectivity index (χ2n) is 6.83. The van der Waals surface area contributed by atoms with Gasteiger partial charge in [0.2, 0.25) is 0 Å². The largest absolute Gasteiger partial charge is 0.481 e. The van der Waals surface area contributed by atoms with Gasteiger partial charge in [-0.25, -0.2) is 0 Å². The summed E-state index contributed by atoms with van der Waals surface area (Å²) in [5.74, 6) is -1.43. The molecule has 152 valence electrons. The number of carbonyl (C=O) groups is 2. The van der Waals surface area contributed by atoms with E-state index in [0.717, 1.165) is 0 Å². The summed E-state index contributed by atoms with van der Waals surface area (Å²) < 4.78 is 10.6. The number of anilines is 1. The van der Waals surface area contributed by atoms with E-state index in [1.807, 2.05) is 0 Å². The van der Waals surface area contributed by atoms with Gasteiger partial charge < -0.3 is 24.4 Å². The maximum absolute atomic E-state index is 13.3. The van der Waals surface area contributed by atoms with Gasteiger partial charge in [-0.3, -0.25) is 19.7 Å². The van der Waals surface area contributed by atoms with Crippen LogP contribution in [-0.2, 0) is 14.3 Å². The molecule has 2 atom stereocenters. The molecule has 2 aliphatic heterocycles. The van der Waals surface area contributed by atoms with Crippen LogP contribution in [0.4, 0.5) is 11.4 Å². The summed E-state index contributed by atoms with van der Waals surface area (Å²) in [7, 11) is 1.52. The lowest BCUT2D eigenvalue weighted by atomic mass is 10.1. The highest BCUT2D eigenvalue weighted by atomic mass is 16.6. The number of aliphatic carboxylic acids is 1. The van der Waals surface area contributed by atoms with Gasteiger partial charge in [0.05, 0.1) is 36.2 Å². The van der Waals surface area contributed by atoms with Crippen LogP contribution in [-0.4, -0.2) is 78.9 Å². The SMILES string of the molecule is COC1CC(CC(=O)O)N(C(=O)c2cccc([N+](=O)[O-])c2N2CCOCC2)C1. The standard InChI is InChI=1S/C18H23N3O7/c1-27-13-9-12(10-16(22)23)20(11-13)18(24)14-3-2-4-15(21(25)26)17(14)19-5-7-28-8-6-19/h2-4,12-13H,5-11H2,1H3,(H,22,23). The number of carboxylic acids is 1. The summed E-state index contributed by atoms with van der Waals surface area (Å²) in [5, 5.41) is 20.8. The molecule has 1 N–H and O–H groups in total. The van der Waals surface area contributed by atoms with Crippen LogP contribution in [0.25, 0.3) is 0 Å². The van der Waals surface area contributed by atoms with Crippen molar-refractivity contribution in [1.82, 2.24) is 4.90 Å². The average molecular weight is 393 g/mol. The first-order valence-corrected chi connectivity index (χ1v) is 9.08. The third-order valence-electron chi connectivity index (χ3n) is 5.15. The zero-order valence-electron chi connectivity index (χ0n) is 15.6. The Bertz CT molecular complexity index is 764. The molecule has 10 nitrogen and oxygen atoms in total. The van der Waals surface area contributed by atoms with Crippen molar-refractivity contribution >= 4 is 23.3 Å². The monoisotopic (exact) mass is 393 g/mol. The number of nitro benzene ring substituents is 1.